The van der Waals surface area contributed by atoms with Crippen LogP contribution in [0.2, 0.25) is 5.02 Å². The number of hydrogen-bond donors (Lipinski definition) is 1. The van der Waals surface area contributed by atoms with Crippen molar-refractivity contribution < 1.29 is 9.53 Å². The summed E-state index contributed by atoms with van der Waals surface area (Å²) in [4.78, 5) is 16.1. The minimum atomic E-state index is -0.549. The van der Waals surface area contributed by atoms with Crippen LogP contribution in [0.5, 0.6) is 5.75 Å². The zero-order chi connectivity index (χ0) is 15.9. The van der Waals surface area contributed by atoms with Crippen LogP contribution in [0.1, 0.15) is 5.56 Å². The van der Waals surface area contributed by atoms with Gasteiger partial charge in [0.1, 0.15) is 17.4 Å². The van der Waals surface area contributed by atoms with Crippen molar-refractivity contribution in [2.75, 3.05) is 12.4 Å². The molecule has 0 unspecified atom stereocenters. The number of methoxy groups -OCH3 is 1. The van der Waals surface area contributed by atoms with E-state index in [-0.39, 0.29) is 5.57 Å². The van der Waals surface area contributed by atoms with Crippen LogP contribution in [0, 0.1) is 11.3 Å². The number of amides is 1. The van der Waals surface area contributed by atoms with E-state index in [0.717, 1.165) is 0 Å². The number of rotatable bonds is 4. The first-order valence-corrected chi connectivity index (χ1v) is 6.68. The normalized spacial score (nSPS) is 10.7. The molecule has 0 aliphatic heterocycles. The number of hydrogen-bond acceptors (Lipinski definition) is 4. The molecule has 0 aliphatic rings. The summed E-state index contributed by atoms with van der Waals surface area (Å²) in [6.07, 6.45) is 4.63. The van der Waals surface area contributed by atoms with Crippen molar-refractivity contribution in [3.8, 4) is 11.8 Å². The number of carbonyl (C=O) groups excluding carboxylic acids is 1. The van der Waals surface area contributed by atoms with Crippen LogP contribution in [0.25, 0.3) is 6.08 Å². The molecule has 0 saturated heterocycles. The third-order valence-electron chi connectivity index (χ3n) is 2.77. The average Bonchev–Trinajstić information content (AvgIpc) is 2.53. The monoisotopic (exact) mass is 313 g/mol. The number of aromatic nitrogens is 1. The predicted molar refractivity (Wildman–Crippen MR) is 84.5 cm³/mol. The van der Waals surface area contributed by atoms with E-state index >= 15 is 0 Å². The minimum absolute atomic E-state index is 0.0463. The molecule has 1 aromatic heterocycles. The summed E-state index contributed by atoms with van der Waals surface area (Å²) in [6, 6.07) is 10.2. The molecule has 1 heterocycles. The summed E-state index contributed by atoms with van der Waals surface area (Å²) < 4.78 is 5.15. The molecule has 0 radical (unpaired) electrons. The van der Waals surface area contributed by atoms with Gasteiger partial charge in [-0.3, -0.25) is 9.78 Å². The Labute approximate surface area is 132 Å². The van der Waals surface area contributed by atoms with E-state index in [1.165, 1.54) is 13.2 Å². The van der Waals surface area contributed by atoms with Crippen LogP contribution in [-0.4, -0.2) is 18.0 Å². The van der Waals surface area contributed by atoms with Gasteiger partial charge in [0, 0.05) is 17.4 Å². The molecule has 110 valence electrons. The maximum Gasteiger partial charge on any atom is 0.266 e. The molecule has 1 aromatic carbocycles. The fourth-order valence-corrected chi connectivity index (χ4v) is 1.92. The van der Waals surface area contributed by atoms with E-state index in [1.54, 1.807) is 42.7 Å². The number of halogens is 1. The van der Waals surface area contributed by atoms with Gasteiger partial charge in [0.2, 0.25) is 0 Å². The summed E-state index contributed by atoms with van der Waals surface area (Å²) in [6.45, 7) is 0. The van der Waals surface area contributed by atoms with Gasteiger partial charge in [-0.25, -0.2) is 0 Å². The van der Waals surface area contributed by atoms with Crippen LogP contribution in [0.15, 0.2) is 48.3 Å². The molecular weight excluding hydrogens is 302 g/mol. The Kier molecular flexibility index (Phi) is 5.12. The standard InChI is InChI=1S/C16H12ClN3O2/c1-22-15-5-4-13(17)8-14(15)20-16(21)12(9-18)7-11-3-2-6-19-10-11/h2-8,10H,1H3,(H,20,21)/b12-7+. The first-order valence-electron chi connectivity index (χ1n) is 6.30. The van der Waals surface area contributed by atoms with Crippen molar-refractivity contribution in [2.24, 2.45) is 0 Å². The average molecular weight is 314 g/mol. The summed E-state index contributed by atoms with van der Waals surface area (Å²) in [7, 11) is 1.48. The maximum atomic E-state index is 12.2. The Hall–Kier alpha value is -2.84. The van der Waals surface area contributed by atoms with Gasteiger partial charge >= 0.3 is 0 Å². The Morgan fingerprint density at radius 1 is 1.45 bits per heavy atom. The molecule has 0 bridgehead atoms. The van der Waals surface area contributed by atoms with E-state index in [2.05, 4.69) is 10.3 Å². The van der Waals surface area contributed by atoms with Gasteiger partial charge in [0.25, 0.3) is 5.91 Å². The molecule has 5 nitrogen and oxygen atoms in total. The molecule has 1 amide bonds. The maximum absolute atomic E-state index is 12.2. The quantitative estimate of drug-likeness (QED) is 0.694. The molecule has 0 aliphatic carbocycles. The van der Waals surface area contributed by atoms with Crippen LogP contribution in [0.4, 0.5) is 5.69 Å². The van der Waals surface area contributed by atoms with Crippen molar-refractivity contribution in [3.63, 3.8) is 0 Å². The third-order valence-corrected chi connectivity index (χ3v) is 3.01. The molecule has 1 N–H and O–H groups in total. The topological polar surface area (TPSA) is 75.0 Å². The Bertz CT molecular complexity index is 752. The first-order chi connectivity index (χ1) is 10.6. The molecule has 0 saturated carbocycles. The third kappa shape index (κ3) is 3.84. The van der Waals surface area contributed by atoms with Crippen LogP contribution < -0.4 is 10.1 Å². The highest BCUT2D eigenvalue weighted by Gasteiger charge is 2.12. The lowest BCUT2D eigenvalue weighted by atomic mass is 10.1. The van der Waals surface area contributed by atoms with E-state index in [4.69, 9.17) is 21.6 Å². The lowest BCUT2D eigenvalue weighted by Crippen LogP contribution is -2.14. The molecule has 0 spiro atoms. The van der Waals surface area contributed by atoms with Gasteiger partial charge < -0.3 is 10.1 Å². The highest BCUT2D eigenvalue weighted by molar-refractivity contribution is 6.31. The number of nitrogens with zero attached hydrogens (tertiary/aromatic N) is 2. The number of nitrogens with one attached hydrogen (secondary N) is 1. The lowest BCUT2D eigenvalue weighted by Gasteiger charge is -2.10. The van der Waals surface area contributed by atoms with Crippen molar-refractivity contribution in [2.45, 2.75) is 0 Å². The SMILES string of the molecule is COc1ccc(Cl)cc1NC(=O)/C(C#N)=C/c1cccnc1. The van der Waals surface area contributed by atoms with Crippen molar-refractivity contribution >= 4 is 29.3 Å². The molecule has 2 aromatic rings. The lowest BCUT2D eigenvalue weighted by molar-refractivity contribution is -0.112. The molecule has 22 heavy (non-hydrogen) atoms. The van der Waals surface area contributed by atoms with Crippen LogP contribution in [0.3, 0.4) is 0 Å². The van der Waals surface area contributed by atoms with Crippen molar-refractivity contribution in [1.82, 2.24) is 4.98 Å². The second-order valence-electron chi connectivity index (χ2n) is 4.25. The predicted octanol–water partition coefficient (Wildman–Crippen LogP) is 3.29. The van der Waals surface area contributed by atoms with Gasteiger partial charge in [-0.1, -0.05) is 17.7 Å². The number of pyridine rings is 1. The van der Waals surface area contributed by atoms with Gasteiger partial charge in [-0.05, 0) is 35.9 Å². The Balaban J connectivity index is 2.26. The minimum Gasteiger partial charge on any atom is -0.495 e. The number of benzene rings is 1. The smallest absolute Gasteiger partial charge is 0.266 e. The number of anilines is 1. The Morgan fingerprint density at radius 3 is 2.91 bits per heavy atom. The fourth-order valence-electron chi connectivity index (χ4n) is 1.74. The fraction of sp³-hybridized carbons (Fsp3) is 0.0625. The largest absolute Gasteiger partial charge is 0.495 e. The molecular formula is C16H12ClN3O2. The number of ether oxygens (including phenoxy) is 1. The van der Waals surface area contributed by atoms with Crippen LogP contribution in [-0.2, 0) is 4.79 Å². The van der Waals surface area contributed by atoms with Crippen molar-refractivity contribution in [1.29, 1.82) is 5.26 Å². The Morgan fingerprint density at radius 2 is 2.27 bits per heavy atom. The van der Waals surface area contributed by atoms with E-state index in [0.29, 0.717) is 22.0 Å². The van der Waals surface area contributed by atoms with Gasteiger partial charge in [0.05, 0.1) is 12.8 Å². The molecule has 0 fully saturated rings. The van der Waals surface area contributed by atoms with E-state index in [9.17, 15) is 4.79 Å². The zero-order valence-electron chi connectivity index (χ0n) is 11.7. The zero-order valence-corrected chi connectivity index (χ0v) is 12.5. The van der Waals surface area contributed by atoms with Gasteiger partial charge in [-0.15, -0.1) is 0 Å². The molecule has 2 rings (SSSR count). The molecule has 0 atom stereocenters. The first kappa shape index (κ1) is 15.5. The summed E-state index contributed by atoms with van der Waals surface area (Å²) in [5.41, 5.74) is 1.01. The highest BCUT2D eigenvalue weighted by Crippen LogP contribution is 2.28. The highest BCUT2D eigenvalue weighted by atomic mass is 35.5. The van der Waals surface area contributed by atoms with E-state index in [1.807, 2.05) is 6.07 Å². The number of nitriles is 1. The van der Waals surface area contributed by atoms with Crippen LogP contribution >= 0.6 is 11.6 Å². The van der Waals surface area contributed by atoms with Gasteiger partial charge in [0.15, 0.2) is 0 Å². The second kappa shape index (κ2) is 7.25. The summed E-state index contributed by atoms with van der Waals surface area (Å²) >= 11 is 5.91. The second-order valence-corrected chi connectivity index (χ2v) is 4.69. The van der Waals surface area contributed by atoms with Crippen molar-refractivity contribution in [3.05, 3.63) is 58.9 Å². The summed E-state index contributed by atoms with van der Waals surface area (Å²) in [5.74, 6) is -0.0941. The van der Waals surface area contributed by atoms with E-state index < -0.39 is 5.91 Å². The van der Waals surface area contributed by atoms with Gasteiger partial charge in [-0.2, -0.15) is 5.26 Å². The summed E-state index contributed by atoms with van der Waals surface area (Å²) in [5, 5.41) is 12.2. The number of carbonyl (C=O) groups is 1. The molecule has 6 heteroatoms.